The van der Waals surface area contributed by atoms with Crippen LogP contribution in [0.5, 0.6) is 5.75 Å². The number of nitrogens with zero attached hydrogens (tertiary/aromatic N) is 2. The number of ether oxygens (including phenoxy) is 1. The lowest BCUT2D eigenvalue weighted by Crippen LogP contribution is -2.34. The molecular weight excluding hydrogens is 338 g/mol. The molecule has 1 atom stereocenters. The Morgan fingerprint density at radius 1 is 1.38 bits per heavy atom. The molecule has 1 aliphatic heterocycles. The highest BCUT2D eigenvalue weighted by atomic mass is 19.3. The first kappa shape index (κ1) is 20.1. The van der Waals surface area contributed by atoms with E-state index in [1.54, 1.807) is 18.0 Å². The van der Waals surface area contributed by atoms with Gasteiger partial charge in [-0.15, -0.1) is 0 Å². The Labute approximate surface area is 153 Å². The van der Waals surface area contributed by atoms with Crippen molar-refractivity contribution in [3.05, 3.63) is 41.5 Å². The van der Waals surface area contributed by atoms with Gasteiger partial charge in [-0.25, -0.2) is 0 Å². The second-order valence-electron chi connectivity index (χ2n) is 6.21. The summed E-state index contributed by atoms with van der Waals surface area (Å²) >= 11 is 0. The molecule has 26 heavy (non-hydrogen) atoms. The molecule has 0 spiro atoms. The summed E-state index contributed by atoms with van der Waals surface area (Å²) in [5.41, 5.74) is 2.13. The number of hydrogen-bond acceptors (Lipinski definition) is 3. The van der Waals surface area contributed by atoms with Crippen LogP contribution in [0.1, 0.15) is 55.1 Å². The standard InChI is InChI=1S/C18H20F2N2O2.C2H6/c1-4-14(21-3)12-7-13-9-22(10(2)11-5-6-11)17(23)16(13)15(8-12)24-18(19)20;1-2/h4,7-8,10-11,18H,1,5-6,9H2,2-3H3;1-2H3. The summed E-state index contributed by atoms with van der Waals surface area (Å²) in [5.74, 6) is 0.180. The minimum absolute atomic E-state index is 0.0870. The average molecular weight is 364 g/mol. The molecule has 142 valence electrons. The second kappa shape index (κ2) is 8.43. The van der Waals surface area contributed by atoms with Crippen molar-refractivity contribution in [3.63, 3.8) is 0 Å². The minimum atomic E-state index is -2.99. The summed E-state index contributed by atoms with van der Waals surface area (Å²) in [5, 5.41) is 0. The van der Waals surface area contributed by atoms with Crippen molar-refractivity contribution in [2.24, 2.45) is 10.9 Å². The van der Waals surface area contributed by atoms with Gasteiger partial charge in [0.15, 0.2) is 0 Å². The van der Waals surface area contributed by atoms with Gasteiger partial charge < -0.3 is 9.64 Å². The molecule has 1 fully saturated rings. The first-order chi connectivity index (χ1) is 12.5. The van der Waals surface area contributed by atoms with Crippen LogP contribution in [0.15, 0.2) is 29.8 Å². The van der Waals surface area contributed by atoms with Crippen molar-refractivity contribution in [3.8, 4) is 5.75 Å². The predicted molar refractivity (Wildman–Crippen MR) is 99.1 cm³/mol. The smallest absolute Gasteiger partial charge is 0.387 e. The quantitative estimate of drug-likeness (QED) is 0.688. The lowest BCUT2D eigenvalue weighted by molar-refractivity contribution is -0.0501. The van der Waals surface area contributed by atoms with Crippen LogP contribution in [0.4, 0.5) is 8.78 Å². The van der Waals surface area contributed by atoms with Gasteiger partial charge in [-0.05, 0) is 49.5 Å². The third kappa shape index (κ3) is 3.94. The van der Waals surface area contributed by atoms with E-state index in [0.717, 1.165) is 12.8 Å². The van der Waals surface area contributed by atoms with Gasteiger partial charge in [0.25, 0.3) is 5.91 Å². The van der Waals surface area contributed by atoms with E-state index in [1.165, 1.54) is 6.07 Å². The number of benzene rings is 1. The monoisotopic (exact) mass is 364 g/mol. The average Bonchev–Trinajstić information content (AvgIpc) is 3.41. The van der Waals surface area contributed by atoms with Gasteiger partial charge >= 0.3 is 6.61 Å². The molecule has 0 bridgehead atoms. The fourth-order valence-corrected chi connectivity index (χ4v) is 3.28. The van der Waals surface area contributed by atoms with E-state index >= 15 is 0 Å². The van der Waals surface area contributed by atoms with Crippen LogP contribution < -0.4 is 4.74 Å². The molecule has 1 aromatic carbocycles. The molecule has 2 aliphatic rings. The van der Waals surface area contributed by atoms with Crippen LogP contribution in [0, 0.1) is 5.92 Å². The molecule has 0 saturated heterocycles. The van der Waals surface area contributed by atoms with E-state index in [2.05, 4.69) is 16.3 Å². The number of carbonyl (C=O) groups excluding carboxylic acids is 1. The number of aliphatic imine (C=N–C) groups is 1. The number of fused-ring (bicyclic) bond motifs is 1. The van der Waals surface area contributed by atoms with Gasteiger partial charge in [-0.3, -0.25) is 9.79 Å². The van der Waals surface area contributed by atoms with Crippen molar-refractivity contribution in [2.45, 2.75) is 52.8 Å². The largest absolute Gasteiger partial charge is 0.434 e. The topological polar surface area (TPSA) is 41.9 Å². The fraction of sp³-hybridized carbons (Fsp3) is 0.500. The van der Waals surface area contributed by atoms with E-state index in [-0.39, 0.29) is 23.3 Å². The summed E-state index contributed by atoms with van der Waals surface area (Å²) < 4.78 is 30.3. The van der Waals surface area contributed by atoms with E-state index in [4.69, 9.17) is 0 Å². The van der Waals surface area contributed by atoms with Gasteiger partial charge in [-0.1, -0.05) is 20.4 Å². The summed E-state index contributed by atoms with van der Waals surface area (Å²) in [6.07, 6.45) is 3.77. The van der Waals surface area contributed by atoms with Crippen molar-refractivity contribution < 1.29 is 18.3 Å². The van der Waals surface area contributed by atoms with Gasteiger partial charge in [-0.2, -0.15) is 8.78 Å². The van der Waals surface area contributed by atoms with Gasteiger partial charge in [0.05, 0.1) is 11.3 Å². The highest BCUT2D eigenvalue weighted by Gasteiger charge is 2.40. The number of amides is 1. The zero-order valence-electron chi connectivity index (χ0n) is 15.8. The molecular formula is C20H26F2N2O2. The summed E-state index contributed by atoms with van der Waals surface area (Å²) in [6, 6.07) is 3.36. The maximum Gasteiger partial charge on any atom is 0.387 e. The van der Waals surface area contributed by atoms with Gasteiger partial charge in [0, 0.05) is 25.2 Å². The SMILES string of the molecule is C=CC(=NC)c1cc2c(c(OC(F)F)c1)C(=O)N(C(C)C1CC1)C2.CC. The summed E-state index contributed by atoms with van der Waals surface area (Å²) in [7, 11) is 1.60. The first-order valence-corrected chi connectivity index (χ1v) is 8.98. The molecule has 0 aromatic heterocycles. The highest BCUT2D eigenvalue weighted by Crippen LogP contribution is 2.40. The Bertz CT molecular complexity index is 712. The number of halogens is 2. The molecule has 1 amide bonds. The van der Waals surface area contributed by atoms with Crippen LogP contribution in [-0.4, -0.2) is 36.2 Å². The number of alkyl halides is 2. The van der Waals surface area contributed by atoms with Crippen LogP contribution in [0.25, 0.3) is 0 Å². The molecule has 0 radical (unpaired) electrons. The lowest BCUT2D eigenvalue weighted by Gasteiger charge is -2.24. The first-order valence-electron chi connectivity index (χ1n) is 8.98. The van der Waals surface area contributed by atoms with Crippen LogP contribution >= 0.6 is 0 Å². The van der Waals surface area contributed by atoms with E-state index in [0.29, 0.717) is 29.3 Å². The Morgan fingerprint density at radius 2 is 2.04 bits per heavy atom. The number of rotatable bonds is 6. The minimum Gasteiger partial charge on any atom is -0.434 e. The third-order valence-electron chi connectivity index (χ3n) is 4.74. The lowest BCUT2D eigenvalue weighted by atomic mass is 10.0. The van der Waals surface area contributed by atoms with Gasteiger partial charge in [0.2, 0.25) is 0 Å². The van der Waals surface area contributed by atoms with E-state index < -0.39 is 6.61 Å². The molecule has 1 unspecified atom stereocenters. The summed E-state index contributed by atoms with van der Waals surface area (Å²) in [4.78, 5) is 18.6. The third-order valence-corrected chi connectivity index (χ3v) is 4.74. The van der Waals surface area contributed by atoms with Crippen LogP contribution in [0.3, 0.4) is 0 Å². The van der Waals surface area contributed by atoms with Crippen molar-refractivity contribution >= 4 is 11.6 Å². The Hall–Kier alpha value is -2.24. The van der Waals surface area contributed by atoms with Gasteiger partial charge in [0.1, 0.15) is 5.75 Å². The zero-order valence-corrected chi connectivity index (χ0v) is 15.8. The van der Waals surface area contributed by atoms with Crippen molar-refractivity contribution in [1.29, 1.82) is 0 Å². The van der Waals surface area contributed by atoms with Crippen molar-refractivity contribution in [1.82, 2.24) is 4.90 Å². The Kier molecular flexibility index (Phi) is 6.51. The normalized spacial score (nSPS) is 17.6. The van der Waals surface area contributed by atoms with E-state index in [1.807, 2.05) is 26.8 Å². The fourth-order valence-electron chi connectivity index (χ4n) is 3.28. The maximum atomic E-state index is 12.8. The number of allylic oxidation sites excluding steroid dienone is 1. The molecule has 1 aromatic rings. The highest BCUT2D eigenvalue weighted by molar-refractivity contribution is 6.10. The predicted octanol–water partition coefficient (Wildman–Crippen LogP) is 4.67. The zero-order chi connectivity index (χ0) is 19.4. The molecule has 6 heteroatoms. The Balaban J connectivity index is 0.00000117. The van der Waals surface area contributed by atoms with Crippen molar-refractivity contribution in [2.75, 3.05) is 7.05 Å². The number of hydrogen-bond donors (Lipinski definition) is 0. The molecule has 1 saturated carbocycles. The van der Waals surface area contributed by atoms with Crippen LogP contribution in [-0.2, 0) is 6.54 Å². The molecule has 1 aliphatic carbocycles. The molecule has 4 nitrogen and oxygen atoms in total. The Morgan fingerprint density at radius 3 is 2.54 bits per heavy atom. The number of carbonyl (C=O) groups is 1. The molecule has 0 N–H and O–H groups in total. The van der Waals surface area contributed by atoms with Crippen LogP contribution in [0.2, 0.25) is 0 Å². The molecule has 1 heterocycles. The second-order valence-corrected chi connectivity index (χ2v) is 6.21. The van der Waals surface area contributed by atoms with E-state index in [9.17, 15) is 13.6 Å². The maximum absolute atomic E-state index is 12.8. The molecule has 3 rings (SSSR count). The summed E-state index contributed by atoms with van der Waals surface area (Å²) in [6.45, 7) is 7.12.